The third kappa shape index (κ3) is 3.29. The van der Waals surface area contributed by atoms with E-state index in [0.717, 1.165) is 26.1 Å². The first-order valence-electron chi connectivity index (χ1n) is 6.02. The standard InChI is InChI=1S/C13H20N2O/c1-13(6-3-9-16-13)11-15-8-5-12-4-2-7-14-10-12/h2,4,7,10,15H,3,5-6,8-9,11H2,1H3. The van der Waals surface area contributed by atoms with Gasteiger partial charge < -0.3 is 10.1 Å². The van der Waals surface area contributed by atoms with Crippen LogP contribution in [0.4, 0.5) is 0 Å². The molecule has 2 rings (SSSR count). The molecule has 0 saturated carbocycles. The maximum Gasteiger partial charge on any atom is 0.0779 e. The molecule has 1 aliphatic heterocycles. The molecule has 0 bridgehead atoms. The van der Waals surface area contributed by atoms with Crippen molar-refractivity contribution in [2.75, 3.05) is 19.7 Å². The van der Waals surface area contributed by atoms with Crippen LogP contribution >= 0.6 is 0 Å². The fourth-order valence-electron chi connectivity index (χ4n) is 2.11. The smallest absolute Gasteiger partial charge is 0.0779 e. The second-order valence-electron chi connectivity index (χ2n) is 4.69. The van der Waals surface area contributed by atoms with Crippen molar-refractivity contribution in [3.05, 3.63) is 30.1 Å². The minimum atomic E-state index is 0.0644. The summed E-state index contributed by atoms with van der Waals surface area (Å²) in [7, 11) is 0. The molecule has 1 aliphatic rings. The van der Waals surface area contributed by atoms with Crippen molar-refractivity contribution < 1.29 is 4.74 Å². The van der Waals surface area contributed by atoms with Crippen LogP contribution in [0.15, 0.2) is 24.5 Å². The van der Waals surface area contributed by atoms with E-state index in [1.165, 1.54) is 18.4 Å². The van der Waals surface area contributed by atoms with E-state index in [1.54, 1.807) is 0 Å². The van der Waals surface area contributed by atoms with Crippen LogP contribution in [0.3, 0.4) is 0 Å². The maximum atomic E-state index is 5.72. The summed E-state index contributed by atoms with van der Waals surface area (Å²) in [6.45, 7) is 5.05. The molecule has 0 radical (unpaired) electrons. The molecule has 0 aromatic carbocycles. The molecule has 3 nitrogen and oxygen atoms in total. The Bertz CT molecular complexity index is 307. The number of nitrogens with zero attached hydrogens (tertiary/aromatic N) is 1. The summed E-state index contributed by atoms with van der Waals surface area (Å²) in [5.41, 5.74) is 1.35. The first kappa shape index (κ1) is 11.6. The third-order valence-electron chi connectivity index (χ3n) is 3.11. The molecule has 1 fully saturated rings. The van der Waals surface area contributed by atoms with Gasteiger partial charge in [0.2, 0.25) is 0 Å². The third-order valence-corrected chi connectivity index (χ3v) is 3.11. The van der Waals surface area contributed by atoms with Gasteiger partial charge in [-0.05, 0) is 44.4 Å². The quantitative estimate of drug-likeness (QED) is 0.768. The minimum absolute atomic E-state index is 0.0644. The van der Waals surface area contributed by atoms with Gasteiger partial charge in [0.15, 0.2) is 0 Å². The molecule has 1 unspecified atom stereocenters. The summed E-state index contributed by atoms with van der Waals surface area (Å²) in [5.74, 6) is 0. The number of hydrogen-bond donors (Lipinski definition) is 1. The van der Waals surface area contributed by atoms with Gasteiger partial charge in [0.05, 0.1) is 5.60 Å². The molecule has 88 valence electrons. The van der Waals surface area contributed by atoms with Crippen molar-refractivity contribution in [3.63, 3.8) is 0 Å². The topological polar surface area (TPSA) is 34.2 Å². The number of rotatable bonds is 5. The molecule has 16 heavy (non-hydrogen) atoms. The van der Waals surface area contributed by atoms with Crippen LogP contribution in [0, 0.1) is 0 Å². The van der Waals surface area contributed by atoms with Crippen molar-refractivity contribution >= 4 is 0 Å². The van der Waals surface area contributed by atoms with Crippen LogP contribution in [-0.2, 0) is 11.2 Å². The highest BCUT2D eigenvalue weighted by atomic mass is 16.5. The Morgan fingerprint density at radius 2 is 2.50 bits per heavy atom. The minimum Gasteiger partial charge on any atom is -0.374 e. The Morgan fingerprint density at radius 1 is 1.56 bits per heavy atom. The normalized spacial score (nSPS) is 24.8. The SMILES string of the molecule is CC1(CNCCc2cccnc2)CCCO1. The van der Waals surface area contributed by atoms with Gasteiger partial charge in [0.1, 0.15) is 0 Å². The number of ether oxygens (including phenoxy) is 1. The van der Waals surface area contributed by atoms with Gasteiger partial charge >= 0.3 is 0 Å². The molecular formula is C13H20N2O. The lowest BCUT2D eigenvalue weighted by Gasteiger charge is -2.23. The summed E-state index contributed by atoms with van der Waals surface area (Å²) in [6, 6.07) is 4.10. The molecule has 0 aliphatic carbocycles. The Labute approximate surface area is 97.2 Å². The van der Waals surface area contributed by atoms with Crippen molar-refractivity contribution in [2.45, 2.75) is 31.8 Å². The van der Waals surface area contributed by atoms with Gasteiger partial charge in [-0.2, -0.15) is 0 Å². The van der Waals surface area contributed by atoms with E-state index in [4.69, 9.17) is 4.74 Å². The van der Waals surface area contributed by atoms with Gasteiger partial charge in [0, 0.05) is 25.5 Å². The summed E-state index contributed by atoms with van der Waals surface area (Å²) >= 11 is 0. The van der Waals surface area contributed by atoms with Crippen LogP contribution < -0.4 is 5.32 Å². The lowest BCUT2D eigenvalue weighted by molar-refractivity contribution is 0.0211. The highest BCUT2D eigenvalue weighted by Crippen LogP contribution is 2.23. The number of pyridine rings is 1. The van der Waals surface area contributed by atoms with E-state index in [0.29, 0.717) is 0 Å². The average Bonchev–Trinajstić information content (AvgIpc) is 2.74. The predicted octanol–water partition coefficient (Wildman–Crippen LogP) is 1.78. The van der Waals surface area contributed by atoms with Gasteiger partial charge in [-0.3, -0.25) is 4.98 Å². The van der Waals surface area contributed by atoms with Gasteiger partial charge in [-0.15, -0.1) is 0 Å². The van der Waals surface area contributed by atoms with Crippen LogP contribution in [0.5, 0.6) is 0 Å². The molecule has 0 amide bonds. The molecule has 3 heteroatoms. The molecule has 0 spiro atoms. The molecule has 1 aromatic heterocycles. The fourth-order valence-corrected chi connectivity index (χ4v) is 2.11. The van der Waals surface area contributed by atoms with E-state index in [1.807, 2.05) is 18.5 Å². The lowest BCUT2D eigenvalue weighted by atomic mass is 10.0. The number of aromatic nitrogens is 1. The van der Waals surface area contributed by atoms with Crippen LogP contribution in [0.1, 0.15) is 25.3 Å². The molecule has 1 atom stereocenters. The van der Waals surface area contributed by atoms with Crippen LogP contribution in [0.25, 0.3) is 0 Å². The second kappa shape index (κ2) is 5.41. The van der Waals surface area contributed by atoms with E-state index in [2.05, 4.69) is 23.3 Å². The number of hydrogen-bond acceptors (Lipinski definition) is 3. The Morgan fingerprint density at radius 3 is 3.19 bits per heavy atom. The zero-order valence-electron chi connectivity index (χ0n) is 9.91. The monoisotopic (exact) mass is 220 g/mol. The first-order valence-corrected chi connectivity index (χ1v) is 6.02. The summed E-state index contributed by atoms with van der Waals surface area (Å²) in [4.78, 5) is 4.10. The predicted molar refractivity (Wildman–Crippen MR) is 64.4 cm³/mol. The molecule has 1 saturated heterocycles. The maximum absolute atomic E-state index is 5.72. The van der Waals surface area contributed by atoms with E-state index in [9.17, 15) is 0 Å². The summed E-state index contributed by atoms with van der Waals surface area (Å²) in [5, 5.41) is 3.46. The van der Waals surface area contributed by atoms with Crippen LogP contribution in [-0.4, -0.2) is 30.3 Å². The van der Waals surface area contributed by atoms with Gasteiger partial charge in [-0.1, -0.05) is 6.07 Å². The Hall–Kier alpha value is -0.930. The highest BCUT2D eigenvalue weighted by molar-refractivity contribution is 5.08. The molecule has 1 N–H and O–H groups in total. The van der Waals surface area contributed by atoms with Crippen molar-refractivity contribution in [2.24, 2.45) is 0 Å². The zero-order valence-corrected chi connectivity index (χ0v) is 9.91. The van der Waals surface area contributed by atoms with Gasteiger partial charge in [-0.25, -0.2) is 0 Å². The highest BCUT2D eigenvalue weighted by Gasteiger charge is 2.28. The Kier molecular flexibility index (Phi) is 3.91. The van der Waals surface area contributed by atoms with Crippen molar-refractivity contribution in [1.29, 1.82) is 0 Å². The second-order valence-corrected chi connectivity index (χ2v) is 4.69. The Balaban J connectivity index is 1.65. The lowest BCUT2D eigenvalue weighted by Crippen LogP contribution is -2.37. The van der Waals surface area contributed by atoms with Gasteiger partial charge in [0.25, 0.3) is 0 Å². The van der Waals surface area contributed by atoms with Crippen LogP contribution in [0.2, 0.25) is 0 Å². The molecular weight excluding hydrogens is 200 g/mol. The van der Waals surface area contributed by atoms with Crippen molar-refractivity contribution in [1.82, 2.24) is 10.3 Å². The molecule has 2 heterocycles. The summed E-state index contributed by atoms with van der Waals surface area (Å²) < 4.78 is 5.72. The average molecular weight is 220 g/mol. The first-order chi connectivity index (χ1) is 7.79. The largest absolute Gasteiger partial charge is 0.374 e. The zero-order chi connectivity index (χ0) is 11.3. The summed E-state index contributed by atoms with van der Waals surface area (Å²) in [6.07, 6.45) is 7.14. The van der Waals surface area contributed by atoms with E-state index < -0.39 is 0 Å². The van der Waals surface area contributed by atoms with E-state index in [-0.39, 0.29) is 5.60 Å². The van der Waals surface area contributed by atoms with Crippen molar-refractivity contribution in [3.8, 4) is 0 Å². The number of nitrogens with one attached hydrogen (secondary N) is 1. The fraction of sp³-hybridized carbons (Fsp3) is 0.615. The molecule has 1 aromatic rings. The van der Waals surface area contributed by atoms with E-state index >= 15 is 0 Å².